The average Bonchev–Trinajstić information content (AvgIpc) is 3.19. The van der Waals surface area contributed by atoms with Crippen LogP contribution in [0.15, 0.2) is 41.1 Å². The quantitative estimate of drug-likeness (QED) is 0.607. The largest absolute Gasteiger partial charge is 0.353 e. The molecular formula is C20H23BrN6O. The van der Waals surface area contributed by atoms with Gasteiger partial charge in [-0.15, -0.1) is 10.2 Å². The van der Waals surface area contributed by atoms with E-state index in [0.717, 1.165) is 41.8 Å². The highest BCUT2D eigenvalue weighted by Gasteiger charge is 2.23. The van der Waals surface area contributed by atoms with Gasteiger partial charge in [-0.2, -0.15) is 4.98 Å². The Morgan fingerprint density at radius 2 is 1.89 bits per heavy atom. The predicted octanol–water partition coefficient (Wildman–Crippen LogP) is 2.73. The number of benzene rings is 1. The summed E-state index contributed by atoms with van der Waals surface area (Å²) in [5, 5.41) is 8.11. The first-order valence-corrected chi connectivity index (χ1v) is 10.4. The lowest BCUT2D eigenvalue weighted by molar-refractivity contribution is -0.130. The fourth-order valence-electron chi connectivity index (χ4n) is 3.55. The van der Waals surface area contributed by atoms with E-state index >= 15 is 0 Å². The van der Waals surface area contributed by atoms with Crippen LogP contribution in [0.3, 0.4) is 0 Å². The summed E-state index contributed by atoms with van der Waals surface area (Å²) >= 11 is 3.43. The summed E-state index contributed by atoms with van der Waals surface area (Å²) in [6.45, 7) is 5.12. The smallest absolute Gasteiger partial charge is 0.256 e. The molecule has 1 aliphatic rings. The Hall–Kier alpha value is -2.48. The topological polar surface area (TPSA) is 66.6 Å². The number of carbonyl (C=O) groups excluding carboxylic acids is 1. The fraction of sp³-hybridized carbons (Fsp3) is 0.400. The van der Waals surface area contributed by atoms with Crippen molar-refractivity contribution < 1.29 is 4.79 Å². The van der Waals surface area contributed by atoms with E-state index in [2.05, 4.69) is 49.0 Å². The first kappa shape index (κ1) is 18.9. The number of amides is 1. The van der Waals surface area contributed by atoms with Crippen LogP contribution in [-0.4, -0.2) is 56.6 Å². The molecule has 0 spiro atoms. The second-order valence-corrected chi connectivity index (χ2v) is 7.94. The van der Waals surface area contributed by atoms with E-state index in [0.29, 0.717) is 25.3 Å². The number of halogens is 1. The third-order valence-corrected chi connectivity index (χ3v) is 5.61. The molecule has 1 saturated heterocycles. The number of hydrogen-bond acceptors (Lipinski definition) is 5. The van der Waals surface area contributed by atoms with Crippen LogP contribution >= 0.6 is 15.9 Å². The average molecular weight is 443 g/mol. The van der Waals surface area contributed by atoms with Crippen LogP contribution in [-0.2, 0) is 17.6 Å². The van der Waals surface area contributed by atoms with Crippen LogP contribution in [0.4, 0.5) is 5.82 Å². The number of aromatic nitrogens is 4. The number of aryl methyl sites for hydroxylation is 1. The highest BCUT2D eigenvalue weighted by Crippen LogP contribution is 2.19. The maximum absolute atomic E-state index is 12.6. The first-order chi connectivity index (χ1) is 13.6. The normalized spacial score (nSPS) is 14.6. The van der Waals surface area contributed by atoms with E-state index in [1.54, 1.807) is 6.33 Å². The zero-order chi connectivity index (χ0) is 19.5. The Kier molecular flexibility index (Phi) is 5.57. The molecule has 3 aromatic rings. The van der Waals surface area contributed by atoms with Crippen LogP contribution in [0.5, 0.6) is 0 Å². The molecule has 0 bridgehead atoms. The summed E-state index contributed by atoms with van der Waals surface area (Å²) in [5.74, 6) is 1.73. The molecule has 0 atom stereocenters. The summed E-state index contributed by atoms with van der Waals surface area (Å²) in [4.78, 5) is 21.5. The fourth-order valence-corrected chi connectivity index (χ4v) is 3.81. The van der Waals surface area contributed by atoms with Gasteiger partial charge < -0.3 is 9.80 Å². The van der Waals surface area contributed by atoms with Crippen LogP contribution in [0.25, 0.3) is 5.78 Å². The van der Waals surface area contributed by atoms with E-state index in [1.165, 1.54) is 5.69 Å². The Morgan fingerprint density at radius 1 is 1.14 bits per heavy atom. The summed E-state index contributed by atoms with van der Waals surface area (Å²) < 4.78 is 2.97. The Balaban J connectivity index is 1.41. The molecule has 0 N–H and O–H groups in total. The summed E-state index contributed by atoms with van der Waals surface area (Å²) in [5.41, 5.74) is 2.21. The van der Waals surface area contributed by atoms with Gasteiger partial charge in [-0.3, -0.25) is 9.20 Å². The molecule has 7 nitrogen and oxygen atoms in total. The van der Waals surface area contributed by atoms with Gasteiger partial charge in [-0.05, 0) is 24.1 Å². The maximum atomic E-state index is 12.6. The molecule has 1 amide bonds. The van der Waals surface area contributed by atoms with Gasteiger partial charge in [-0.1, -0.05) is 41.4 Å². The van der Waals surface area contributed by atoms with E-state index < -0.39 is 0 Å². The van der Waals surface area contributed by atoms with Gasteiger partial charge in [0.2, 0.25) is 5.91 Å². The summed E-state index contributed by atoms with van der Waals surface area (Å²) in [6, 6.07) is 10.1. The third kappa shape index (κ3) is 4.01. The van der Waals surface area contributed by atoms with E-state index in [1.807, 2.05) is 33.6 Å². The van der Waals surface area contributed by atoms with Gasteiger partial charge in [0.05, 0.1) is 6.42 Å². The molecule has 0 radical (unpaired) electrons. The second kappa shape index (κ2) is 8.26. The molecule has 4 rings (SSSR count). The highest BCUT2D eigenvalue weighted by atomic mass is 79.9. The molecule has 0 unspecified atom stereocenters. The number of piperazine rings is 1. The molecule has 1 aromatic carbocycles. The zero-order valence-corrected chi connectivity index (χ0v) is 17.5. The minimum absolute atomic E-state index is 0.175. The van der Waals surface area contributed by atoms with Gasteiger partial charge in [0, 0.05) is 42.4 Å². The standard InChI is InChI=1S/C20H23BrN6O/c1-2-3-17-13-18(23-20-24-22-14-27(17)20)25-8-10-26(11-9-25)19(28)12-15-4-6-16(21)7-5-15/h4-7,13-14H,2-3,8-12H2,1H3. The number of rotatable bonds is 5. The van der Waals surface area contributed by atoms with Gasteiger partial charge in [-0.25, -0.2) is 0 Å². The van der Waals surface area contributed by atoms with Gasteiger partial charge in [0.25, 0.3) is 5.78 Å². The van der Waals surface area contributed by atoms with Gasteiger partial charge in [0.15, 0.2) is 0 Å². The molecule has 0 aliphatic carbocycles. The highest BCUT2D eigenvalue weighted by molar-refractivity contribution is 9.10. The number of carbonyl (C=O) groups is 1. The lowest BCUT2D eigenvalue weighted by Gasteiger charge is -2.35. The van der Waals surface area contributed by atoms with Crippen molar-refractivity contribution in [2.45, 2.75) is 26.2 Å². The SMILES string of the molecule is CCCc1cc(N2CCN(C(=O)Cc3ccc(Br)cc3)CC2)nc2nncn12. The number of hydrogen-bond donors (Lipinski definition) is 0. The van der Waals surface area contributed by atoms with Crippen molar-refractivity contribution >= 4 is 33.4 Å². The molecule has 8 heteroatoms. The van der Waals surface area contributed by atoms with Crippen molar-refractivity contribution in [3.05, 3.63) is 52.4 Å². The number of anilines is 1. The Morgan fingerprint density at radius 3 is 2.61 bits per heavy atom. The predicted molar refractivity (Wildman–Crippen MR) is 111 cm³/mol. The lowest BCUT2D eigenvalue weighted by atomic mass is 10.1. The molecular weight excluding hydrogens is 420 g/mol. The van der Waals surface area contributed by atoms with Crippen LogP contribution in [0.1, 0.15) is 24.6 Å². The monoisotopic (exact) mass is 442 g/mol. The van der Waals surface area contributed by atoms with Crippen LogP contribution in [0.2, 0.25) is 0 Å². The van der Waals surface area contributed by atoms with Crippen molar-refractivity contribution in [2.24, 2.45) is 0 Å². The Labute approximate surface area is 172 Å². The van der Waals surface area contributed by atoms with Crippen LogP contribution < -0.4 is 4.90 Å². The number of fused-ring (bicyclic) bond motifs is 1. The molecule has 3 heterocycles. The summed E-state index contributed by atoms with van der Waals surface area (Å²) in [6.07, 6.45) is 4.17. The van der Waals surface area contributed by atoms with Gasteiger partial charge >= 0.3 is 0 Å². The molecule has 0 saturated carbocycles. The first-order valence-electron chi connectivity index (χ1n) is 9.61. The maximum Gasteiger partial charge on any atom is 0.256 e. The van der Waals surface area contributed by atoms with Crippen molar-refractivity contribution in [1.82, 2.24) is 24.5 Å². The molecule has 28 heavy (non-hydrogen) atoms. The van der Waals surface area contributed by atoms with Crippen molar-refractivity contribution in [1.29, 1.82) is 0 Å². The second-order valence-electron chi connectivity index (χ2n) is 7.03. The van der Waals surface area contributed by atoms with E-state index in [-0.39, 0.29) is 5.91 Å². The lowest BCUT2D eigenvalue weighted by Crippen LogP contribution is -2.49. The van der Waals surface area contributed by atoms with E-state index in [9.17, 15) is 4.79 Å². The minimum atomic E-state index is 0.175. The zero-order valence-electron chi connectivity index (χ0n) is 15.9. The molecule has 1 fully saturated rings. The van der Waals surface area contributed by atoms with Crippen molar-refractivity contribution in [3.8, 4) is 0 Å². The van der Waals surface area contributed by atoms with E-state index in [4.69, 9.17) is 0 Å². The van der Waals surface area contributed by atoms with Crippen molar-refractivity contribution in [3.63, 3.8) is 0 Å². The number of nitrogens with zero attached hydrogens (tertiary/aromatic N) is 6. The molecule has 146 valence electrons. The Bertz CT molecular complexity index is 962. The third-order valence-electron chi connectivity index (χ3n) is 5.08. The molecule has 1 aliphatic heterocycles. The minimum Gasteiger partial charge on any atom is -0.353 e. The summed E-state index contributed by atoms with van der Waals surface area (Å²) in [7, 11) is 0. The van der Waals surface area contributed by atoms with Crippen molar-refractivity contribution in [2.75, 3.05) is 31.1 Å². The van der Waals surface area contributed by atoms with Gasteiger partial charge in [0.1, 0.15) is 12.1 Å². The molecule has 2 aromatic heterocycles. The van der Waals surface area contributed by atoms with Crippen LogP contribution in [0, 0.1) is 0 Å².